The number of hydrogen-bond donors (Lipinski definition) is 1. The molecule has 2 aromatic carbocycles. The van der Waals surface area contributed by atoms with Crippen molar-refractivity contribution < 1.29 is 5.11 Å². The van der Waals surface area contributed by atoms with Gasteiger partial charge in [0, 0.05) is 4.47 Å². The van der Waals surface area contributed by atoms with Crippen molar-refractivity contribution in [2.24, 2.45) is 0 Å². The number of benzene rings is 2. The summed E-state index contributed by atoms with van der Waals surface area (Å²) in [6, 6.07) is 9.68. The fourth-order valence-electron chi connectivity index (χ4n) is 1.44. The minimum Gasteiger partial charge on any atom is -0.508 e. The monoisotopic (exact) mass is 236 g/mol. The lowest BCUT2D eigenvalue weighted by molar-refractivity contribution is 0.472. The van der Waals surface area contributed by atoms with Crippen LogP contribution in [0.3, 0.4) is 0 Å². The quantitative estimate of drug-likeness (QED) is 0.741. The van der Waals surface area contributed by atoms with Gasteiger partial charge in [0.2, 0.25) is 0 Å². The van der Waals surface area contributed by atoms with E-state index in [4.69, 9.17) is 0 Å². The molecule has 0 aliphatic rings. The summed E-state index contributed by atoms with van der Waals surface area (Å²) in [7, 11) is 0. The van der Waals surface area contributed by atoms with Gasteiger partial charge in [0.15, 0.2) is 0 Å². The van der Waals surface area contributed by atoms with E-state index < -0.39 is 0 Å². The summed E-state index contributed by atoms with van der Waals surface area (Å²) in [6.07, 6.45) is 0. The highest BCUT2D eigenvalue weighted by atomic mass is 79.9. The van der Waals surface area contributed by atoms with E-state index >= 15 is 0 Å². The van der Waals surface area contributed by atoms with Crippen LogP contribution in [0, 0.1) is 6.92 Å². The van der Waals surface area contributed by atoms with Gasteiger partial charge < -0.3 is 5.11 Å². The summed E-state index contributed by atoms with van der Waals surface area (Å²) in [5.41, 5.74) is 0.935. The number of phenols is 1. The van der Waals surface area contributed by atoms with Gasteiger partial charge in [-0.25, -0.2) is 0 Å². The van der Waals surface area contributed by atoms with Gasteiger partial charge in [0.1, 0.15) is 5.75 Å². The molecular formula is C11H9BrO. The molecule has 0 aliphatic carbocycles. The highest BCUT2D eigenvalue weighted by Crippen LogP contribution is 2.27. The van der Waals surface area contributed by atoms with E-state index in [1.807, 2.05) is 31.2 Å². The van der Waals surface area contributed by atoms with Gasteiger partial charge in [0.25, 0.3) is 0 Å². The van der Waals surface area contributed by atoms with Gasteiger partial charge in [-0.2, -0.15) is 0 Å². The van der Waals surface area contributed by atoms with Crippen molar-refractivity contribution in [2.75, 3.05) is 0 Å². The Balaban J connectivity index is 2.87. The number of halogens is 1. The zero-order valence-electron chi connectivity index (χ0n) is 7.21. The fraction of sp³-hybridized carbons (Fsp3) is 0.0909. The van der Waals surface area contributed by atoms with Crippen LogP contribution >= 0.6 is 15.9 Å². The predicted molar refractivity (Wildman–Crippen MR) is 58.0 cm³/mol. The lowest BCUT2D eigenvalue weighted by atomic mass is 10.1. The largest absolute Gasteiger partial charge is 0.508 e. The van der Waals surface area contributed by atoms with E-state index in [9.17, 15) is 5.11 Å². The molecule has 1 N–H and O–H groups in total. The molecule has 0 amide bonds. The summed E-state index contributed by atoms with van der Waals surface area (Å²) in [5.74, 6) is 0.356. The molecule has 66 valence electrons. The van der Waals surface area contributed by atoms with Crippen LogP contribution in [0.4, 0.5) is 0 Å². The van der Waals surface area contributed by atoms with Crippen LogP contribution in [0.1, 0.15) is 5.56 Å². The third-order valence-corrected chi connectivity index (χ3v) is 2.72. The zero-order chi connectivity index (χ0) is 9.42. The number of rotatable bonds is 0. The summed E-state index contributed by atoms with van der Waals surface area (Å²) in [4.78, 5) is 0. The highest BCUT2D eigenvalue weighted by molar-refractivity contribution is 9.10. The van der Waals surface area contributed by atoms with Crippen LogP contribution in [-0.2, 0) is 0 Å². The summed E-state index contributed by atoms with van der Waals surface area (Å²) in [6.45, 7) is 1.92. The lowest BCUT2D eigenvalue weighted by Gasteiger charge is -2.04. The van der Waals surface area contributed by atoms with Crippen molar-refractivity contribution in [3.8, 4) is 5.75 Å². The van der Waals surface area contributed by atoms with Crippen molar-refractivity contribution in [1.82, 2.24) is 0 Å². The lowest BCUT2D eigenvalue weighted by Crippen LogP contribution is -1.79. The van der Waals surface area contributed by atoms with Crippen LogP contribution in [-0.4, -0.2) is 5.11 Å². The van der Waals surface area contributed by atoms with E-state index in [0.29, 0.717) is 5.75 Å². The Labute approximate surface area is 85.1 Å². The smallest absolute Gasteiger partial charge is 0.119 e. The first kappa shape index (κ1) is 8.57. The molecule has 0 aliphatic heterocycles. The molecule has 0 radical (unpaired) electrons. The Hall–Kier alpha value is -1.02. The first-order valence-electron chi connectivity index (χ1n) is 4.06. The van der Waals surface area contributed by atoms with E-state index in [0.717, 1.165) is 20.8 Å². The second-order valence-electron chi connectivity index (χ2n) is 3.08. The molecule has 2 heteroatoms. The third kappa shape index (κ3) is 1.42. The molecule has 0 heterocycles. The Bertz CT molecular complexity index is 463. The van der Waals surface area contributed by atoms with Crippen molar-refractivity contribution in [3.05, 3.63) is 40.4 Å². The molecule has 0 saturated carbocycles. The topological polar surface area (TPSA) is 20.2 Å². The van der Waals surface area contributed by atoms with Gasteiger partial charge >= 0.3 is 0 Å². The number of hydrogen-bond acceptors (Lipinski definition) is 1. The van der Waals surface area contributed by atoms with Gasteiger partial charge in [-0.05, 0) is 41.5 Å². The predicted octanol–water partition coefficient (Wildman–Crippen LogP) is 3.62. The molecule has 0 atom stereocenters. The Morgan fingerprint density at radius 2 is 1.92 bits per heavy atom. The second-order valence-corrected chi connectivity index (χ2v) is 3.99. The maximum atomic E-state index is 9.47. The minimum atomic E-state index is 0.356. The molecule has 0 unspecified atom stereocenters. The van der Waals surface area contributed by atoms with Gasteiger partial charge in [-0.3, -0.25) is 0 Å². The number of fused-ring (bicyclic) bond motifs is 1. The molecule has 0 aromatic heterocycles. The maximum Gasteiger partial charge on any atom is 0.119 e. The van der Waals surface area contributed by atoms with Gasteiger partial charge in [-0.1, -0.05) is 28.1 Å². The molecule has 1 nitrogen and oxygen atoms in total. The van der Waals surface area contributed by atoms with Crippen LogP contribution < -0.4 is 0 Å². The normalized spacial score (nSPS) is 10.6. The molecule has 0 fully saturated rings. The van der Waals surface area contributed by atoms with Crippen molar-refractivity contribution in [1.29, 1.82) is 0 Å². The number of phenolic OH excluding ortho intramolecular Hbond substituents is 1. The first-order chi connectivity index (χ1) is 6.18. The molecule has 2 rings (SSSR count). The molecule has 0 spiro atoms. The third-order valence-electron chi connectivity index (χ3n) is 2.22. The van der Waals surface area contributed by atoms with Crippen LogP contribution in [0.5, 0.6) is 5.75 Å². The van der Waals surface area contributed by atoms with Crippen LogP contribution in [0.2, 0.25) is 0 Å². The van der Waals surface area contributed by atoms with E-state index in [-0.39, 0.29) is 0 Å². The van der Waals surface area contributed by atoms with Crippen molar-refractivity contribution >= 4 is 26.7 Å². The maximum absolute atomic E-state index is 9.47. The Morgan fingerprint density at radius 1 is 1.15 bits per heavy atom. The number of aromatic hydroxyl groups is 1. The number of aryl methyl sites for hydroxylation is 1. The van der Waals surface area contributed by atoms with Crippen LogP contribution in [0.25, 0.3) is 10.8 Å². The average Bonchev–Trinajstić information content (AvgIpc) is 2.12. The van der Waals surface area contributed by atoms with Crippen molar-refractivity contribution in [2.45, 2.75) is 6.92 Å². The van der Waals surface area contributed by atoms with E-state index in [2.05, 4.69) is 15.9 Å². The molecular weight excluding hydrogens is 228 g/mol. The van der Waals surface area contributed by atoms with E-state index in [1.165, 1.54) is 0 Å². The first-order valence-corrected chi connectivity index (χ1v) is 4.85. The Kier molecular flexibility index (Phi) is 2.00. The zero-order valence-corrected chi connectivity index (χ0v) is 8.80. The van der Waals surface area contributed by atoms with E-state index in [1.54, 1.807) is 6.07 Å². The minimum absolute atomic E-state index is 0.356. The van der Waals surface area contributed by atoms with Crippen LogP contribution in [0.15, 0.2) is 34.8 Å². The second kappa shape index (κ2) is 3.04. The Morgan fingerprint density at radius 3 is 2.69 bits per heavy atom. The van der Waals surface area contributed by atoms with Gasteiger partial charge in [-0.15, -0.1) is 0 Å². The molecule has 2 aromatic rings. The summed E-state index contributed by atoms with van der Waals surface area (Å²) < 4.78 is 1.06. The fourth-order valence-corrected chi connectivity index (χ4v) is 1.82. The molecule has 13 heavy (non-hydrogen) atoms. The summed E-state index contributed by atoms with van der Waals surface area (Å²) >= 11 is 3.41. The molecule has 0 bridgehead atoms. The average molecular weight is 237 g/mol. The molecule has 0 saturated heterocycles. The van der Waals surface area contributed by atoms with Crippen molar-refractivity contribution in [3.63, 3.8) is 0 Å². The standard InChI is InChI=1S/C11H9BrO/c1-7-10-4-3-9(12)6-8(10)2-5-11(7)13/h2-6,13H,1H3. The van der Waals surface area contributed by atoms with Gasteiger partial charge in [0.05, 0.1) is 0 Å². The summed E-state index contributed by atoms with van der Waals surface area (Å²) in [5, 5.41) is 11.7. The highest BCUT2D eigenvalue weighted by Gasteiger charge is 2.01. The SMILES string of the molecule is Cc1c(O)ccc2cc(Br)ccc12.